The molecule has 0 bridgehead atoms. The average Bonchev–Trinajstić information content (AvgIpc) is 3.74. The highest BCUT2D eigenvalue weighted by Gasteiger charge is 2.27. The molecule has 0 unspecified atom stereocenters. The lowest BCUT2D eigenvalue weighted by atomic mass is 9.86. The summed E-state index contributed by atoms with van der Waals surface area (Å²) in [5, 5.41) is 16.1. The summed E-state index contributed by atoms with van der Waals surface area (Å²) in [5.74, 6) is 2.28. The molecular formula is C28H40ClN7O3S. The van der Waals surface area contributed by atoms with Crippen molar-refractivity contribution in [2.24, 2.45) is 5.92 Å². The van der Waals surface area contributed by atoms with E-state index in [1.165, 1.54) is 50.2 Å². The number of nitrogens with zero attached hydrogens (tertiary/aromatic N) is 3. The van der Waals surface area contributed by atoms with E-state index in [0.717, 1.165) is 37.4 Å². The van der Waals surface area contributed by atoms with Crippen LogP contribution in [0.4, 0.5) is 17.5 Å². The van der Waals surface area contributed by atoms with E-state index >= 15 is 0 Å². The predicted molar refractivity (Wildman–Crippen MR) is 162 cm³/mol. The molecule has 1 saturated heterocycles. The van der Waals surface area contributed by atoms with Crippen LogP contribution in [-0.2, 0) is 9.84 Å². The molecule has 4 N–H and O–H groups in total. The maximum Gasteiger partial charge on any atom is 0.229 e. The third-order valence-electron chi connectivity index (χ3n) is 7.38. The van der Waals surface area contributed by atoms with Crippen LogP contribution in [0.1, 0.15) is 56.6 Å². The Hall–Kier alpha value is -2.89. The quantitative estimate of drug-likeness (QED) is 0.210. The molecule has 0 spiro atoms. The molecule has 12 heteroatoms. The van der Waals surface area contributed by atoms with E-state index in [1.54, 1.807) is 7.05 Å². The third kappa shape index (κ3) is 7.24. The number of rotatable bonds is 11. The molecule has 1 saturated carbocycles. The van der Waals surface area contributed by atoms with Crippen LogP contribution in [0.3, 0.4) is 0 Å². The smallest absolute Gasteiger partial charge is 0.229 e. The first kappa shape index (κ1) is 30.1. The van der Waals surface area contributed by atoms with Crippen molar-refractivity contribution < 1.29 is 13.2 Å². The minimum atomic E-state index is -3.83. The number of nitrogens with one attached hydrogen (secondary N) is 4. The predicted octanol–water partition coefficient (Wildman–Crippen LogP) is 5.05. The first-order chi connectivity index (χ1) is 19.0. The molecule has 2 fully saturated rings. The normalized spacial score (nSPS) is 17.1. The van der Waals surface area contributed by atoms with Crippen LogP contribution in [-0.4, -0.2) is 67.4 Å². The van der Waals surface area contributed by atoms with Gasteiger partial charge in [-0.15, -0.1) is 0 Å². The summed E-state index contributed by atoms with van der Waals surface area (Å²) in [6, 6.07) is 4.25. The van der Waals surface area contributed by atoms with E-state index in [4.69, 9.17) is 21.7 Å². The fourth-order valence-corrected chi connectivity index (χ4v) is 5.65. The molecule has 2 aromatic rings. The number of piperidine rings is 1. The number of halogens is 1. The minimum absolute atomic E-state index is 0.0227. The van der Waals surface area contributed by atoms with E-state index in [1.807, 2.05) is 0 Å². The zero-order valence-electron chi connectivity index (χ0n) is 23.8. The van der Waals surface area contributed by atoms with Crippen molar-refractivity contribution in [3.63, 3.8) is 0 Å². The van der Waals surface area contributed by atoms with Crippen molar-refractivity contribution in [1.29, 1.82) is 5.41 Å². The van der Waals surface area contributed by atoms with Crippen LogP contribution in [0.15, 0.2) is 30.2 Å². The fraction of sp³-hybridized carbons (Fsp3) is 0.536. The molecule has 4 rings (SSSR count). The van der Waals surface area contributed by atoms with Crippen LogP contribution >= 0.6 is 11.6 Å². The molecule has 1 aliphatic carbocycles. The molecule has 10 nitrogen and oxygen atoms in total. The number of benzene rings is 1. The zero-order chi connectivity index (χ0) is 29.0. The SMILES string of the molecule is CN/C=C(/Nc1nc(Nc2cc(C)c(C3CCN(C)CC3)cc2OCC2CC2)ncc1Cl)C(=N)S(=O)(=O)C(C)C. The fourth-order valence-electron chi connectivity index (χ4n) is 4.63. The summed E-state index contributed by atoms with van der Waals surface area (Å²) in [6.45, 7) is 8.01. The van der Waals surface area contributed by atoms with Gasteiger partial charge in [0.05, 0.1) is 29.4 Å². The van der Waals surface area contributed by atoms with Crippen LogP contribution in [0.5, 0.6) is 5.75 Å². The van der Waals surface area contributed by atoms with Gasteiger partial charge in [0, 0.05) is 13.2 Å². The summed E-state index contributed by atoms with van der Waals surface area (Å²) >= 11 is 6.38. The lowest BCUT2D eigenvalue weighted by molar-refractivity contribution is 0.254. The summed E-state index contributed by atoms with van der Waals surface area (Å²) in [6.07, 6.45) is 7.44. The number of anilines is 3. The average molecular weight is 590 g/mol. The van der Waals surface area contributed by atoms with Crippen molar-refractivity contribution in [3.8, 4) is 5.75 Å². The van der Waals surface area contributed by atoms with E-state index in [2.05, 4.69) is 56.9 Å². The van der Waals surface area contributed by atoms with Gasteiger partial charge in [-0.1, -0.05) is 11.6 Å². The van der Waals surface area contributed by atoms with E-state index in [-0.39, 0.29) is 22.5 Å². The van der Waals surface area contributed by atoms with Gasteiger partial charge in [-0.25, -0.2) is 13.4 Å². The Kier molecular flexibility index (Phi) is 9.58. The van der Waals surface area contributed by atoms with Gasteiger partial charge in [0.2, 0.25) is 5.95 Å². The van der Waals surface area contributed by atoms with Gasteiger partial charge in [0.1, 0.15) is 10.8 Å². The first-order valence-electron chi connectivity index (χ1n) is 13.7. The van der Waals surface area contributed by atoms with Gasteiger partial charge in [-0.3, -0.25) is 5.41 Å². The number of hydrogen-bond donors (Lipinski definition) is 4. The lowest BCUT2D eigenvalue weighted by Gasteiger charge is -2.30. The molecular weight excluding hydrogens is 550 g/mol. The van der Waals surface area contributed by atoms with Gasteiger partial charge >= 0.3 is 0 Å². The van der Waals surface area contributed by atoms with Gasteiger partial charge in [-0.2, -0.15) is 4.98 Å². The Morgan fingerprint density at radius 3 is 2.58 bits per heavy atom. The molecule has 2 aliphatic rings. The second kappa shape index (κ2) is 12.7. The maximum atomic E-state index is 12.6. The Labute approximate surface area is 242 Å². The van der Waals surface area contributed by atoms with Crippen molar-refractivity contribution in [3.05, 3.63) is 46.4 Å². The van der Waals surface area contributed by atoms with E-state index in [0.29, 0.717) is 18.4 Å². The van der Waals surface area contributed by atoms with Crippen LogP contribution < -0.4 is 20.7 Å². The molecule has 1 aromatic carbocycles. The van der Waals surface area contributed by atoms with Crippen molar-refractivity contribution in [2.75, 3.05) is 44.4 Å². The maximum absolute atomic E-state index is 12.6. The molecule has 1 aromatic heterocycles. The van der Waals surface area contributed by atoms with Gasteiger partial charge < -0.3 is 25.6 Å². The van der Waals surface area contributed by atoms with E-state index in [9.17, 15) is 8.42 Å². The van der Waals surface area contributed by atoms with Crippen LogP contribution in [0, 0.1) is 18.3 Å². The van der Waals surface area contributed by atoms with Crippen molar-refractivity contribution in [1.82, 2.24) is 20.2 Å². The molecule has 0 amide bonds. The minimum Gasteiger partial charge on any atom is -0.491 e. The van der Waals surface area contributed by atoms with Gasteiger partial charge in [-0.05, 0) is 102 Å². The molecule has 0 atom stereocenters. The first-order valence-corrected chi connectivity index (χ1v) is 15.6. The Bertz CT molecular complexity index is 1370. The monoisotopic (exact) mass is 589 g/mol. The molecule has 1 aliphatic heterocycles. The standard InChI is InChI=1S/C28H40ClN7O3S/c1-17(2)40(37,38)26(30)24(15-31-4)33-27-22(29)14-32-28(35-27)34-23-12-18(3)21(20-8-10-36(5)11-9-20)13-25(23)39-16-19-6-7-19/h12-15,17,19-20,30-31H,6-11,16H2,1-5H3,(H2,32,33,34,35)/b24-15+,30-26?. The summed E-state index contributed by atoms with van der Waals surface area (Å²) in [5.41, 5.74) is 3.27. The Balaban J connectivity index is 1.61. The molecule has 0 radical (unpaired) electrons. The van der Waals surface area contributed by atoms with Gasteiger partial charge in [0.25, 0.3) is 0 Å². The number of likely N-dealkylation sites (tertiary alicyclic amines) is 1. The van der Waals surface area contributed by atoms with E-state index < -0.39 is 20.1 Å². The van der Waals surface area contributed by atoms with Crippen LogP contribution in [0.2, 0.25) is 5.02 Å². The number of aryl methyl sites for hydroxylation is 1. The number of hydrogen-bond acceptors (Lipinski definition) is 10. The number of ether oxygens (including phenoxy) is 1. The zero-order valence-corrected chi connectivity index (χ0v) is 25.4. The number of sulfone groups is 1. The Morgan fingerprint density at radius 1 is 1.25 bits per heavy atom. The highest BCUT2D eigenvalue weighted by molar-refractivity contribution is 8.07. The molecule has 218 valence electrons. The summed E-state index contributed by atoms with van der Waals surface area (Å²) in [7, 11) is -0.0509. The highest BCUT2D eigenvalue weighted by atomic mass is 35.5. The second-order valence-electron chi connectivity index (χ2n) is 10.9. The van der Waals surface area contributed by atoms with Crippen LogP contribution in [0.25, 0.3) is 0 Å². The summed E-state index contributed by atoms with van der Waals surface area (Å²) in [4.78, 5) is 11.2. The largest absolute Gasteiger partial charge is 0.491 e. The highest BCUT2D eigenvalue weighted by Crippen LogP contribution is 2.39. The molecule has 40 heavy (non-hydrogen) atoms. The van der Waals surface area contributed by atoms with Crippen molar-refractivity contribution in [2.45, 2.75) is 57.6 Å². The lowest BCUT2D eigenvalue weighted by Crippen LogP contribution is -2.29. The second-order valence-corrected chi connectivity index (χ2v) is 13.8. The van der Waals surface area contributed by atoms with Gasteiger partial charge in [0.15, 0.2) is 20.7 Å². The Morgan fingerprint density at radius 2 is 1.95 bits per heavy atom. The topological polar surface area (TPSA) is 132 Å². The van der Waals surface area contributed by atoms with Crippen molar-refractivity contribution >= 4 is 43.9 Å². The third-order valence-corrected chi connectivity index (χ3v) is 9.69. The summed E-state index contributed by atoms with van der Waals surface area (Å²) < 4.78 is 31.6. The number of aromatic nitrogens is 2. The molecule has 2 heterocycles.